The number of carbonyl (C=O) groups is 1. The summed E-state index contributed by atoms with van der Waals surface area (Å²) < 4.78 is 64.1. The first-order valence-corrected chi connectivity index (χ1v) is 14.9. The zero-order valence-corrected chi connectivity index (χ0v) is 25.9. The molecule has 3 aromatic rings. The van der Waals surface area contributed by atoms with Crippen LogP contribution in [0.25, 0.3) is 11.1 Å². The maximum atomic E-state index is 15.8. The number of anilines is 3. The van der Waals surface area contributed by atoms with E-state index in [1.54, 1.807) is 0 Å². The van der Waals surface area contributed by atoms with Crippen LogP contribution in [0, 0.1) is 5.82 Å². The second-order valence-corrected chi connectivity index (χ2v) is 11.7. The lowest BCUT2D eigenvalue weighted by Crippen LogP contribution is -2.46. The molecular formula is C31H37F4N7O3. The van der Waals surface area contributed by atoms with Crippen LogP contribution in [0.2, 0.25) is 0 Å². The first kappa shape index (κ1) is 32.4. The number of benzene rings is 1. The van der Waals surface area contributed by atoms with Gasteiger partial charge in [-0.3, -0.25) is 9.59 Å². The molecular weight excluding hydrogens is 594 g/mol. The number of rotatable bonds is 7. The quantitative estimate of drug-likeness (QED) is 0.384. The molecule has 10 nitrogen and oxygen atoms in total. The van der Waals surface area contributed by atoms with Gasteiger partial charge in [0.05, 0.1) is 34.7 Å². The highest BCUT2D eigenvalue weighted by molar-refractivity contribution is 6.07. The van der Waals surface area contributed by atoms with Crippen molar-refractivity contribution in [1.29, 1.82) is 0 Å². The Hall–Kier alpha value is -4.04. The van der Waals surface area contributed by atoms with Crippen molar-refractivity contribution in [2.24, 2.45) is 7.05 Å². The van der Waals surface area contributed by atoms with E-state index in [0.29, 0.717) is 49.4 Å². The first-order chi connectivity index (χ1) is 21.2. The lowest BCUT2D eigenvalue weighted by atomic mass is 10.0. The van der Waals surface area contributed by atoms with Gasteiger partial charge in [-0.2, -0.15) is 13.2 Å². The first-order valence-electron chi connectivity index (χ1n) is 14.9. The minimum atomic E-state index is -4.95. The van der Waals surface area contributed by atoms with Crippen molar-refractivity contribution in [2.45, 2.75) is 51.6 Å². The fourth-order valence-electron chi connectivity index (χ4n) is 5.92. The van der Waals surface area contributed by atoms with Crippen molar-refractivity contribution in [3.8, 4) is 11.1 Å². The van der Waals surface area contributed by atoms with Gasteiger partial charge in [-0.25, -0.2) is 14.4 Å². The number of ether oxygens (including phenoxy) is 1. The van der Waals surface area contributed by atoms with E-state index in [1.807, 2.05) is 37.6 Å². The monoisotopic (exact) mass is 631 g/mol. The van der Waals surface area contributed by atoms with E-state index in [9.17, 15) is 22.8 Å². The number of alkyl halides is 3. The number of halogens is 4. The van der Waals surface area contributed by atoms with Crippen molar-refractivity contribution in [1.82, 2.24) is 19.4 Å². The lowest BCUT2D eigenvalue weighted by Gasteiger charge is -2.35. The number of likely N-dealkylation sites (N-methyl/N-ethyl adjacent to an activating group) is 1. The fraction of sp³-hybridized carbons (Fsp3) is 0.484. The van der Waals surface area contributed by atoms with Crippen molar-refractivity contribution < 1.29 is 27.1 Å². The highest BCUT2D eigenvalue weighted by Crippen LogP contribution is 2.37. The van der Waals surface area contributed by atoms with Crippen LogP contribution in [-0.2, 0) is 18.0 Å². The molecule has 1 N–H and O–H groups in total. The van der Waals surface area contributed by atoms with E-state index in [4.69, 9.17) is 4.74 Å². The topological polar surface area (TPSA) is 95.8 Å². The number of aryl methyl sites for hydroxylation is 1. The van der Waals surface area contributed by atoms with E-state index in [-0.39, 0.29) is 29.5 Å². The van der Waals surface area contributed by atoms with Crippen LogP contribution in [0.15, 0.2) is 41.6 Å². The molecule has 14 heteroatoms. The molecule has 242 valence electrons. The Morgan fingerprint density at radius 3 is 2.38 bits per heavy atom. The Morgan fingerprint density at radius 1 is 1.09 bits per heavy atom. The Kier molecular flexibility index (Phi) is 9.17. The number of carbonyl (C=O) groups excluding carboxylic acids is 1. The van der Waals surface area contributed by atoms with Gasteiger partial charge in [-0.1, -0.05) is 6.92 Å². The number of amides is 1. The molecule has 0 spiro atoms. The highest BCUT2D eigenvalue weighted by Gasteiger charge is 2.37. The molecule has 0 bridgehead atoms. The number of morpholine rings is 1. The molecule has 2 fully saturated rings. The Morgan fingerprint density at radius 2 is 1.76 bits per heavy atom. The number of pyridine rings is 1. The molecule has 0 radical (unpaired) electrons. The minimum absolute atomic E-state index is 0.0135. The lowest BCUT2D eigenvalue weighted by molar-refractivity contribution is -0.138. The molecule has 3 atom stereocenters. The molecule has 0 aliphatic carbocycles. The summed E-state index contributed by atoms with van der Waals surface area (Å²) in [7, 11) is 3.25. The third kappa shape index (κ3) is 6.96. The second kappa shape index (κ2) is 12.8. The van der Waals surface area contributed by atoms with Crippen molar-refractivity contribution >= 4 is 23.2 Å². The van der Waals surface area contributed by atoms with Gasteiger partial charge in [-0.05, 0) is 46.0 Å². The summed E-state index contributed by atoms with van der Waals surface area (Å²) in [4.78, 5) is 40.4. The van der Waals surface area contributed by atoms with Crippen LogP contribution in [0.5, 0.6) is 0 Å². The third-order valence-electron chi connectivity index (χ3n) is 8.39. The van der Waals surface area contributed by atoms with Gasteiger partial charge in [0.2, 0.25) is 5.95 Å². The number of aromatic nitrogens is 3. The molecule has 4 heterocycles. The molecule has 2 aromatic heterocycles. The van der Waals surface area contributed by atoms with Crippen LogP contribution in [-0.4, -0.2) is 83.4 Å². The number of nitrogens with zero attached hydrogens (tertiary/aromatic N) is 6. The van der Waals surface area contributed by atoms with E-state index < -0.39 is 34.6 Å². The molecule has 1 unspecified atom stereocenters. The molecule has 2 aliphatic rings. The van der Waals surface area contributed by atoms with Crippen LogP contribution in [0.3, 0.4) is 0 Å². The normalized spacial score (nSPS) is 20.6. The van der Waals surface area contributed by atoms with Crippen molar-refractivity contribution in [2.75, 3.05) is 54.9 Å². The second-order valence-electron chi connectivity index (χ2n) is 11.7. The maximum absolute atomic E-state index is 15.8. The molecule has 2 saturated heterocycles. The number of nitrogens with one attached hydrogen (secondary N) is 1. The zero-order chi connectivity index (χ0) is 32.6. The summed E-state index contributed by atoms with van der Waals surface area (Å²) >= 11 is 0. The molecule has 45 heavy (non-hydrogen) atoms. The van der Waals surface area contributed by atoms with Gasteiger partial charge in [0.1, 0.15) is 5.82 Å². The van der Waals surface area contributed by atoms with Crippen molar-refractivity contribution in [3.05, 3.63) is 64.1 Å². The molecule has 0 saturated carbocycles. The Labute approximate surface area is 258 Å². The fourth-order valence-corrected chi connectivity index (χ4v) is 5.92. The van der Waals surface area contributed by atoms with Crippen molar-refractivity contribution in [3.63, 3.8) is 0 Å². The predicted molar refractivity (Wildman–Crippen MR) is 163 cm³/mol. The van der Waals surface area contributed by atoms with E-state index >= 15 is 4.39 Å². The van der Waals surface area contributed by atoms with Gasteiger partial charge in [0.15, 0.2) is 0 Å². The van der Waals surface area contributed by atoms with Crippen LogP contribution >= 0.6 is 0 Å². The third-order valence-corrected chi connectivity index (χ3v) is 8.39. The standard InChI is InChI=1S/C31H37F4N7O3/c1-6-39(4)21-7-8-41(16-21)27-11-25(32)22(20-12-36-30(37-13-20)42-14-18(2)45-19(3)15-42)9-26(27)38-29(44)23-17-40(5)28(43)10-24(23)31(33,34)35/h9-13,17-19,21H,6-8,14-16H2,1-5H3,(H,38,44)/t18-,19?,21+/m0/s1. The van der Waals surface area contributed by atoms with Gasteiger partial charge < -0.3 is 29.3 Å². The average molecular weight is 632 g/mol. The summed E-state index contributed by atoms with van der Waals surface area (Å²) in [5.74, 6) is -1.22. The Balaban J connectivity index is 1.53. The molecule has 5 rings (SSSR count). The van der Waals surface area contributed by atoms with Gasteiger partial charge in [0, 0.05) is 75.1 Å². The SMILES string of the molecule is CCN(C)[C@@H]1CCN(c2cc(F)c(-c3cnc(N4CC(C)O[C@@H](C)C4)nc3)cc2NC(=O)c2cn(C)c(=O)cc2C(F)(F)F)C1. The predicted octanol–water partition coefficient (Wildman–Crippen LogP) is 4.40. The highest BCUT2D eigenvalue weighted by atomic mass is 19.4. The minimum Gasteiger partial charge on any atom is -0.372 e. The largest absolute Gasteiger partial charge is 0.417 e. The van der Waals surface area contributed by atoms with E-state index in [1.165, 1.54) is 31.6 Å². The molecule has 2 aliphatic heterocycles. The van der Waals surface area contributed by atoms with Gasteiger partial charge in [0.25, 0.3) is 11.5 Å². The number of hydrogen-bond donors (Lipinski definition) is 1. The van der Waals surface area contributed by atoms with Crippen LogP contribution < -0.4 is 20.7 Å². The zero-order valence-electron chi connectivity index (χ0n) is 25.9. The van der Waals surface area contributed by atoms with E-state index in [0.717, 1.165) is 23.7 Å². The summed E-state index contributed by atoms with van der Waals surface area (Å²) in [6, 6.07) is 3.25. The average Bonchev–Trinajstić information content (AvgIpc) is 3.48. The summed E-state index contributed by atoms with van der Waals surface area (Å²) in [6.45, 7) is 9.03. The Bertz CT molecular complexity index is 1600. The smallest absolute Gasteiger partial charge is 0.372 e. The molecule has 1 aromatic carbocycles. The summed E-state index contributed by atoms with van der Waals surface area (Å²) in [6.07, 6.45) is -0.373. The van der Waals surface area contributed by atoms with Gasteiger partial charge in [-0.15, -0.1) is 0 Å². The van der Waals surface area contributed by atoms with Crippen LogP contribution in [0.1, 0.15) is 43.1 Å². The van der Waals surface area contributed by atoms with Crippen LogP contribution in [0.4, 0.5) is 34.9 Å². The number of hydrogen-bond acceptors (Lipinski definition) is 8. The van der Waals surface area contributed by atoms with Gasteiger partial charge >= 0.3 is 6.18 Å². The molecule has 1 amide bonds. The maximum Gasteiger partial charge on any atom is 0.417 e. The summed E-state index contributed by atoms with van der Waals surface area (Å²) in [5, 5.41) is 2.59. The van der Waals surface area contributed by atoms with E-state index in [2.05, 4.69) is 20.2 Å². The summed E-state index contributed by atoms with van der Waals surface area (Å²) in [5.41, 5.74) is -2.13.